The van der Waals surface area contributed by atoms with Gasteiger partial charge < -0.3 is 98.4 Å². The number of hydrogen-bond donors (Lipinski definition) is 11. The average Bonchev–Trinajstić information content (AvgIpc) is 3.81. The summed E-state index contributed by atoms with van der Waals surface area (Å²) in [6, 6.07) is 0. The van der Waals surface area contributed by atoms with Gasteiger partial charge in [0.05, 0.1) is 37.6 Å². The molecule has 1 spiro atoms. The van der Waals surface area contributed by atoms with Crippen LogP contribution in [-0.4, -0.2) is 217 Å². The van der Waals surface area contributed by atoms with E-state index in [1.165, 1.54) is 26.3 Å². The van der Waals surface area contributed by atoms with E-state index in [1.807, 2.05) is 6.92 Å². The van der Waals surface area contributed by atoms with Crippen molar-refractivity contribution < 1.29 is 103 Å². The number of rotatable bonds is 10. The molecule has 9 fully saturated rings. The first-order chi connectivity index (χ1) is 34.9. The average molecular weight is 1060 g/mol. The smallest absolute Gasteiger partial charge is 0.303 e. The first-order valence-electron chi connectivity index (χ1n) is 27.2. The molecule has 10 aliphatic rings. The van der Waals surface area contributed by atoms with Crippen molar-refractivity contribution in [3.05, 3.63) is 11.6 Å². The molecule has 10 rings (SSSR count). The Balaban J connectivity index is 0.901. The molecule has 0 aromatic rings. The number of carbonyl (C=O) groups excluding carboxylic acids is 1. The van der Waals surface area contributed by atoms with Gasteiger partial charge in [-0.25, -0.2) is 0 Å². The number of carbonyl (C=O) groups is 1. The summed E-state index contributed by atoms with van der Waals surface area (Å²) >= 11 is 0. The number of hydrogen-bond acceptors (Lipinski definition) is 22. The summed E-state index contributed by atoms with van der Waals surface area (Å²) in [5.74, 6) is 1.73. The van der Waals surface area contributed by atoms with Crippen LogP contribution in [0.2, 0.25) is 0 Å². The van der Waals surface area contributed by atoms with E-state index in [0.717, 1.165) is 44.9 Å². The summed E-state index contributed by atoms with van der Waals surface area (Å²) in [6.45, 7) is 12.9. The zero-order valence-corrected chi connectivity index (χ0v) is 43.5. The summed E-state index contributed by atoms with van der Waals surface area (Å²) in [4.78, 5) is 11.9. The summed E-state index contributed by atoms with van der Waals surface area (Å²) < 4.78 is 62.9. The van der Waals surface area contributed by atoms with Gasteiger partial charge in [0.2, 0.25) is 0 Å². The number of piperidine rings is 1. The molecular weight excluding hydrogens is 975 g/mol. The molecule has 3 saturated carbocycles. The molecule has 11 N–H and O–H groups in total. The predicted molar refractivity (Wildman–Crippen MR) is 252 cm³/mol. The molecule has 30 atom stereocenters. The van der Waals surface area contributed by atoms with Gasteiger partial charge in [0.15, 0.2) is 25.2 Å². The molecule has 4 aliphatic carbocycles. The highest BCUT2D eigenvalue weighted by atomic mass is 16.8. The molecule has 0 radical (unpaired) electrons. The van der Waals surface area contributed by atoms with E-state index >= 15 is 0 Å². The van der Waals surface area contributed by atoms with E-state index < -0.39 is 147 Å². The molecule has 30 unspecified atom stereocenters. The molecule has 0 aromatic carbocycles. The summed E-state index contributed by atoms with van der Waals surface area (Å²) in [6.07, 6.45) is -20.3. The van der Waals surface area contributed by atoms with Gasteiger partial charge in [-0.05, 0) is 113 Å². The summed E-state index contributed by atoms with van der Waals surface area (Å²) in [7, 11) is 0. The fourth-order valence-corrected chi connectivity index (χ4v) is 15.7. The lowest BCUT2D eigenvalue weighted by Crippen LogP contribution is -2.68. The Bertz CT molecular complexity index is 2030. The van der Waals surface area contributed by atoms with Crippen molar-refractivity contribution in [3.63, 3.8) is 0 Å². The van der Waals surface area contributed by atoms with Gasteiger partial charge in [-0.3, -0.25) is 10.1 Å². The van der Waals surface area contributed by atoms with Crippen molar-refractivity contribution in [2.24, 2.45) is 40.4 Å². The largest absolute Gasteiger partial charge is 0.458 e. The van der Waals surface area contributed by atoms with Gasteiger partial charge in [0.25, 0.3) is 0 Å². The summed E-state index contributed by atoms with van der Waals surface area (Å²) in [5, 5.41) is 112. The molecular formula is C52H83NO21. The fourth-order valence-electron chi connectivity index (χ4n) is 15.7. The maximum Gasteiger partial charge on any atom is 0.303 e. The first kappa shape index (κ1) is 55.7. The molecule has 6 heterocycles. The van der Waals surface area contributed by atoms with Crippen molar-refractivity contribution in [3.8, 4) is 0 Å². The maximum atomic E-state index is 11.9. The van der Waals surface area contributed by atoms with Crippen LogP contribution in [0.25, 0.3) is 0 Å². The first-order valence-corrected chi connectivity index (χ1v) is 27.2. The second-order valence-electron chi connectivity index (χ2n) is 24.4. The van der Waals surface area contributed by atoms with Crippen molar-refractivity contribution in [2.75, 3.05) is 19.8 Å². The lowest BCUT2D eigenvalue weighted by Gasteiger charge is -2.59. The molecule has 422 valence electrons. The van der Waals surface area contributed by atoms with Gasteiger partial charge in [-0.2, -0.15) is 0 Å². The Labute approximate surface area is 431 Å². The Kier molecular flexibility index (Phi) is 15.7. The molecule has 0 amide bonds. The number of nitrogens with one attached hydrogen (secondary N) is 1. The highest BCUT2D eigenvalue weighted by Crippen LogP contribution is 2.70. The monoisotopic (exact) mass is 1060 g/mol. The number of esters is 1. The molecule has 22 nitrogen and oxygen atoms in total. The lowest BCUT2D eigenvalue weighted by atomic mass is 9.47. The molecule has 22 heteroatoms. The minimum Gasteiger partial charge on any atom is -0.458 e. The van der Waals surface area contributed by atoms with Crippen molar-refractivity contribution >= 4 is 5.97 Å². The standard InChI is InChI=1S/C52H83NO21/c1-21-33-31(74-52(21)15-14-49(5,20-53-52)73-24(4)55)17-29-27-9-8-25-16-26(10-12-50(25,6)28(27)11-13-51(29,33)7)68-48-44(72-47-41(64)38(61)35(58)23(3)67-47)43(71-45-39(62)36(59)30(56)19-65-45)42(32(18-54)69-48)70-46-40(63)37(60)34(57)22(2)66-46/h8,21-23,26-48,53-54,56-64H,9-20H2,1-7H3. The number of aliphatic hydroxyl groups is 10. The van der Waals surface area contributed by atoms with Crippen molar-refractivity contribution in [1.29, 1.82) is 0 Å². The second-order valence-corrected chi connectivity index (χ2v) is 24.4. The second kappa shape index (κ2) is 20.8. The SMILES string of the molecule is CC(=O)OC1(C)CCC2(NC1)OC1CC3C4CC=C5CC(OC6OC(CO)C(OC7OC(C)C(O)C(O)C7O)C(OC7OCC(O)C(O)C7O)C6OC6OC(C)C(O)C(O)C6O)CCC5(C)C4CCC3(C)C1C2C. The number of aliphatic hydroxyl groups excluding tert-OH is 10. The quantitative estimate of drug-likeness (QED) is 0.0920. The van der Waals surface area contributed by atoms with E-state index in [0.29, 0.717) is 43.1 Å². The van der Waals surface area contributed by atoms with Gasteiger partial charge in [-0.15, -0.1) is 0 Å². The van der Waals surface area contributed by atoms with Crippen LogP contribution in [0.4, 0.5) is 0 Å². The van der Waals surface area contributed by atoms with Crippen LogP contribution in [0.1, 0.15) is 106 Å². The fraction of sp³-hybridized carbons (Fsp3) is 0.942. The molecule has 6 aliphatic heterocycles. The molecule has 0 bridgehead atoms. The Hall–Kier alpha value is -1.59. The molecule has 0 aromatic heterocycles. The minimum atomic E-state index is -1.84. The van der Waals surface area contributed by atoms with Crippen molar-refractivity contribution in [1.82, 2.24) is 5.32 Å². The van der Waals surface area contributed by atoms with E-state index in [9.17, 15) is 55.9 Å². The van der Waals surface area contributed by atoms with E-state index in [4.69, 9.17) is 47.4 Å². The van der Waals surface area contributed by atoms with Crippen molar-refractivity contribution in [2.45, 2.75) is 247 Å². The number of allylic oxidation sites excluding steroid dienone is 1. The van der Waals surface area contributed by atoms with Gasteiger partial charge in [-0.1, -0.05) is 32.4 Å². The number of ether oxygens (including phenoxy) is 10. The highest BCUT2D eigenvalue weighted by Gasteiger charge is 2.69. The Morgan fingerprint density at radius 2 is 1.34 bits per heavy atom. The van der Waals surface area contributed by atoms with E-state index in [2.05, 4.69) is 32.2 Å². The van der Waals surface area contributed by atoms with Gasteiger partial charge in [0, 0.05) is 19.4 Å². The minimum absolute atomic E-state index is 0.0878. The van der Waals surface area contributed by atoms with Crippen LogP contribution in [0.3, 0.4) is 0 Å². The van der Waals surface area contributed by atoms with Crippen LogP contribution in [0.5, 0.6) is 0 Å². The Morgan fingerprint density at radius 1 is 0.703 bits per heavy atom. The third kappa shape index (κ3) is 9.56. The summed E-state index contributed by atoms with van der Waals surface area (Å²) in [5.41, 5.74) is 0.209. The van der Waals surface area contributed by atoms with E-state index in [1.54, 1.807) is 0 Å². The van der Waals surface area contributed by atoms with Crippen LogP contribution in [0.15, 0.2) is 11.6 Å². The molecule has 74 heavy (non-hydrogen) atoms. The normalized spacial score (nSPS) is 56.4. The molecule has 6 saturated heterocycles. The highest BCUT2D eigenvalue weighted by molar-refractivity contribution is 5.66. The van der Waals surface area contributed by atoms with Crippen LogP contribution in [-0.2, 0) is 52.2 Å². The van der Waals surface area contributed by atoms with Crippen LogP contribution >= 0.6 is 0 Å². The topological polar surface area (TPSA) is 324 Å². The lowest BCUT2D eigenvalue weighted by molar-refractivity contribution is -0.407. The Morgan fingerprint density at radius 3 is 1.96 bits per heavy atom. The predicted octanol–water partition coefficient (Wildman–Crippen LogP) is -1.04. The zero-order valence-electron chi connectivity index (χ0n) is 43.5. The van der Waals surface area contributed by atoms with Crippen LogP contribution < -0.4 is 5.32 Å². The van der Waals surface area contributed by atoms with Gasteiger partial charge in [0.1, 0.15) is 90.7 Å². The third-order valence-corrected chi connectivity index (χ3v) is 20.0. The van der Waals surface area contributed by atoms with E-state index in [-0.39, 0.29) is 28.8 Å². The third-order valence-electron chi connectivity index (χ3n) is 20.0. The maximum absolute atomic E-state index is 11.9. The number of fused-ring (bicyclic) bond motifs is 7. The van der Waals surface area contributed by atoms with Gasteiger partial charge >= 0.3 is 5.97 Å². The van der Waals surface area contributed by atoms with Crippen LogP contribution in [0, 0.1) is 40.4 Å². The zero-order chi connectivity index (χ0) is 53.1.